The van der Waals surface area contributed by atoms with Gasteiger partial charge in [-0.25, -0.2) is 0 Å². The fourth-order valence-electron chi connectivity index (χ4n) is 1.67. The van der Waals surface area contributed by atoms with E-state index in [1.165, 1.54) is 0 Å². The number of hydrogen-bond acceptors (Lipinski definition) is 3. The number of benzene rings is 2. The number of carbonyl (C=O) groups excluding carboxylic acids is 1. The number of ether oxygens (including phenoxy) is 1. The molecule has 0 spiro atoms. The molecule has 0 aliphatic rings. The van der Waals surface area contributed by atoms with Crippen molar-refractivity contribution < 1.29 is 9.53 Å². The minimum Gasteiger partial charge on any atom is -0.454 e. The third kappa shape index (κ3) is 3.41. The van der Waals surface area contributed by atoms with E-state index < -0.39 is 0 Å². The zero-order valence-corrected chi connectivity index (χ0v) is 13.2. The molecular formula is C15H15IN2O2. The summed E-state index contributed by atoms with van der Waals surface area (Å²) in [4.78, 5) is 11.8. The number of amides is 1. The van der Waals surface area contributed by atoms with Crippen molar-refractivity contribution in [3.8, 4) is 11.5 Å². The highest BCUT2D eigenvalue weighted by Crippen LogP contribution is 2.31. The average Bonchev–Trinajstić information content (AvgIpc) is 2.44. The Bertz CT molecular complexity index is 629. The molecule has 0 radical (unpaired) electrons. The zero-order valence-electron chi connectivity index (χ0n) is 11.0. The van der Waals surface area contributed by atoms with Crippen LogP contribution >= 0.6 is 22.6 Å². The van der Waals surface area contributed by atoms with Gasteiger partial charge in [-0.15, -0.1) is 0 Å². The van der Waals surface area contributed by atoms with E-state index in [0.717, 1.165) is 3.57 Å². The van der Waals surface area contributed by atoms with Crippen LogP contribution in [0.5, 0.6) is 11.5 Å². The second-order valence-electron chi connectivity index (χ2n) is 4.14. The Balaban J connectivity index is 2.30. The van der Waals surface area contributed by atoms with Crippen LogP contribution in [0.25, 0.3) is 0 Å². The van der Waals surface area contributed by atoms with E-state index in [4.69, 9.17) is 10.5 Å². The molecule has 2 aromatic carbocycles. The number of nitrogens with two attached hydrogens (primary N) is 1. The second kappa shape index (κ2) is 6.60. The van der Waals surface area contributed by atoms with E-state index in [-0.39, 0.29) is 5.91 Å². The number of nitrogens with one attached hydrogen (secondary N) is 1. The van der Waals surface area contributed by atoms with Gasteiger partial charge >= 0.3 is 0 Å². The number of rotatable bonds is 4. The topological polar surface area (TPSA) is 64.4 Å². The second-order valence-corrected chi connectivity index (χ2v) is 5.31. The molecular weight excluding hydrogens is 367 g/mol. The molecule has 2 aromatic rings. The van der Waals surface area contributed by atoms with Crippen LogP contribution in [0, 0.1) is 3.57 Å². The normalized spacial score (nSPS) is 10.1. The SMILES string of the molecule is CCNC(=O)c1ccc(N)c(Oc2ccccc2I)c1. The van der Waals surface area contributed by atoms with Crippen molar-refractivity contribution >= 4 is 34.2 Å². The Morgan fingerprint density at radius 1 is 1.25 bits per heavy atom. The average molecular weight is 382 g/mol. The lowest BCUT2D eigenvalue weighted by Crippen LogP contribution is -2.22. The predicted octanol–water partition coefficient (Wildman–Crippen LogP) is 3.42. The van der Waals surface area contributed by atoms with Gasteiger partial charge in [0.15, 0.2) is 5.75 Å². The monoisotopic (exact) mass is 382 g/mol. The van der Waals surface area contributed by atoms with E-state index in [1.807, 2.05) is 31.2 Å². The number of carbonyl (C=O) groups is 1. The maximum Gasteiger partial charge on any atom is 0.251 e. The van der Waals surface area contributed by atoms with Crippen LogP contribution in [0.15, 0.2) is 42.5 Å². The largest absolute Gasteiger partial charge is 0.454 e. The predicted molar refractivity (Wildman–Crippen MR) is 88.1 cm³/mol. The maximum atomic E-state index is 11.8. The quantitative estimate of drug-likeness (QED) is 0.629. The van der Waals surface area contributed by atoms with Gasteiger partial charge in [-0.2, -0.15) is 0 Å². The van der Waals surface area contributed by atoms with Gasteiger partial charge in [0.1, 0.15) is 5.75 Å². The van der Waals surface area contributed by atoms with Crippen LogP contribution in [0.2, 0.25) is 0 Å². The summed E-state index contributed by atoms with van der Waals surface area (Å²) >= 11 is 2.19. The number of halogens is 1. The summed E-state index contributed by atoms with van der Waals surface area (Å²) in [6, 6.07) is 12.6. The Labute approximate surface area is 131 Å². The summed E-state index contributed by atoms with van der Waals surface area (Å²) in [5, 5.41) is 2.75. The summed E-state index contributed by atoms with van der Waals surface area (Å²) in [6.07, 6.45) is 0. The maximum absolute atomic E-state index is 11.8. The van der Waals surface area contributed by atoms with Crippen LogP contribution in [0.3, 0.4) is 0 Å². The first kappa shape index (κ1) is 14.6. The van der Waals surface area contributed by atoms with E-state index in [0.29, 0.717) is 29.3 Å². The number of hydrogen-bond donors (Lipinski definition) is 2. The first-order valence-corrected chi connectivity index (χ1v) is 7.29. The number of anilines is 1. The summed E-state index contributed by atoms with van der Waals surface area (Å²) in [5.41, 5.74) is 6.93. The van der Waals surface area contributed by atoms with Crippen molar-refractivity contribution in [2.45, 2.75) is 6.92 Å². The smallest absolute Gasteiger partial charge is 0.251 e. The van der Waals surface area contributed by atoms with Gasteiger partial charge in [-0.3, -0.25) is 4.79 Å². The molecule has 20 heavy (non-hydrogen) atoms. The highest BCUT2D eigenvalue weighted by molar-refractivity contribution is 14.1. The van der Waals surface area contributed by atoms with Gasteiger partial charge in [0.05, 0.1) is 9.26 Å². The molecule has 0 aliphatic heterocycles. The Kier molecular flexibility index (Phi) is 4.84. The molecule has 0 aromatic heterocycles. The molecule has 0 bridgehead atoms. The van der Waals surface area contributed by atoms with Gasteiger partial charge in [0, 0.05) is 12.1 Å². The molecule has 4 nitrogen and oxygen atoms in total. The summed E-state index contributed by atoms with van der Waals surface area (Å²) in [7, 11) is 0. The lowest BCUT2D eigenvalue weighted by atomic mass is 10.1. The minimum atomic E-state index is -0.139. The molecule has 0 unspecified atom stereocenters. The van der Waals surface area contributed by atoms with Gasteiger partial charge in [0.25, 0.3) is 5.91 Å². The van der Waals surface area contributed by atoms with E-state index in [2.05, 4.69) is 27.9 Å². The molecule has 5 heteroatoms. The number of para-hydroxylation sites is 1. The lowest BCUT2D eigenvalue weighted by molar-refractivity contribution is 0.0955. The van der Waals surface area contributed by atoms with Crippen molar-refractivity contribution in [2.75, 3.05) is 12.3 Å². The Morgan fingerprint density at radius 2 is 2.00 bits per heavy atom. The number of nitrogen functional groups attached to an aromatic ring is 1. The fourth-order valence-corrected chi connectivity index (χ4v) is 2.17. The van der Waals surface area contributed by atoms with Crippen molar-refractivity contribution in [3.63, 3.8) is 0 Å². The molecule has 0 heterocycles. The highest BCUT2D eigenvalue weighted by atomic mass is 127. The molecule has 2 rings (SSSR count). The molecule has 0 saturated carbocycles. The highest BCUT2D eigenvalue weighted by Gasteiger charge is 2.10. The van der Waals surface area contributed by atoms with Crippen LogP contribution in [-0.4, -0.2) is 12.5 Å². The van der Waals surface area contributed by atoms with Crippen molar-refractivity contribution in [1.29, 1.82) is 0 Å². The van der Waals surface area contributed by atoms with E-state index in [1.54, 1.807) is 18.2 Å². The van der Waals surface area contributed by atoms with Crippen molar-refractivity contribution in [2.24, 2.45) is 0 Å². The summed E-state index contributed by atoms with van der Waals surface area (Å²) < 4.78 is 6.78. The van der Waals surface area contributed by atoms with Crippen LogP contribution in [0.1, 0.15) is 17.3 Å². The third-order valence-corrected chi connectivity index (χ3v) is 3.56. The van der Waals surface area contributed by atoms with Gasteiger partial charge in [-0.1, -0.05) is 12.1 Å². The lowest BCUT2D eigenvalue weighted by Gasteiger charge is -2.11. The Morgan fingerprint density at radius 3 is 2.70 bits per heavy atom. The molecule has 3 N–H and O–H groups in total. The minimum absolute atomic E-state index is 0.139. The Hall–Kier alpha value is -1.76. The fraction of sp³-hybridized carbons (Fsp3) is 0.133. The van der Waals surface area contributed by atoms with Gasteiger partial charge in [0.2, 0.25) is 0 Å². The van der Waals surface area contributed by atoms with Gasteiger partial charge < -0.3 is 15.8 Å². The molecule has 104 valence electrons. The molecule has 0 aliphatic carbocycles. The van der Waals surface area contributed by atoms with Crippen molar-refractivity contribution in [1.82, 2.24) is 5.32 Å². The standard InChI is InChI=1S/C15H15IN2O2/c1-2-18-15(19)10-7-8-12(17)14(9-10)20-13-6-4-3-5-11(13)16/h3-9H,2,17H2,1H3,(H,18,19). The first-order valence-electron chi connectivity index (χ1n) is 6.22. The van der Waals surface area contributed by atoms with Gasteiger partial charge in [-0.05, 0) is 59.8 Å². The van der Waals surface area contributed by atoms with Crippen LogP contribution in [-0.2, 0) is 0 Å². The van der Waals surface area contributed by atoms with Crippen molar-refractivity contribution in [3.05, 3.63) is 51.6 Å². The van der Waals surface area contributed by atoms with Crippen LogP contribution < -0.4 is 15.8 Å². The summed E-state index contributed by atoms with van der Waals surface area (Å²) in [6.45, 7) is 2.45. The molecule has 0 atom stereocenters. The molecule has 0 fully saturated rings. The summed E-state index contributed by atoms with van der Waals surface area (Å²) in [5.74, 6) is 1.06. The first-order chi connectivity index (χ1) is 9.61. The molecule has 1 amide bonds. The van der Waals surface area contributed by atoms with Crippen LogP contribution in [0.4, 0.5) is 5.69 Å². The van der Waals surface area contributed by atoms with E-state index >= 15 is 0 Å². The molecule has 0 saturated heterocycles. The third-order valence-electron chi connectivity index (χ3n) is 2.67. The zero-order chi connectivity index (χ0) is 14.5. The van der Waals surface area contributed by atoms with E-state index in [9.17, 15) is 4.79 Å².